The molecule has 1 aromatic carbocycles. The van der Waals surface area contributed by atoms with Gasteiger partial charge in [-0.2, -0.15) is 0 Å². The Morgan fingerprint density at radius 2 is 1.85 bits per heavy atom. The van der Waals surface area contributed by atoms with E-state index < -0.39 is 9.73 Å². The summed E-state index contributed by atoms with van der Waals surface area (Å²) >= 11 is 0. The van der Waals surface area contributed by atoms with Crippen LogP contribution < -0.4 is 5.73 Å². The molecule has 4 heteroatoms. The Hall–Kier alpha value is -1.03. The van der Waals surface area contributed by atoms with Gasteiger partial charge in [-0.1, -0.05) is 0 Å². The van der Waals surface area contributed by atoms with Crippen molar-refractivity contribution in [2.24, 2.45) is 0 Å². The van der Waals surface area contributed by atoms with Crippen molar-refractivity contribution in [1.29, 1.82) is 4.78 Å². The minimum absolute atomic E-state index is 0.0797. The molecular weight excluding hydrogens is 184 g/mol. The van der Waals surface area contributed by atoms with E-state index in [0.29, 0.717) is 10.6 Å². The van der Waals surface area contributed by atoms with E-state index in [9.17, 15) is 4.21 Å². The number of benzene rings is 1. The van der Waals surface area contributed by atoms with Crippen molar-refractivity contribution in [2.75, 3.05) is 5.73 Å². The highest BCUT2D eigenvalue weighted by atomic mass is 32.2. The smallest absolute Gasteiger partial charge is 0.0755 e. The molecule has 0 aliphatic heterocycles. The zero-order chi connectivity index (χ0) is 9.47. The van der Waals surface area contributed by atoms with Gasteiger partial charge in [0, 0.05) is 15.8 Å². The van der Waals surface area contributed by atoms with Crippen LogP contribution in [0.25, 0.3) is 0 Å². The molecule has 0 aromatic heterocycles. The molecule has 3 nitrogen and oxygen atoms in total. The Kier molecular flexibility index (Phi) is 1.80. The van der Waals surface area contributed by atoms with Crippen LogP contribution in [-0.4, -0.2) is 9.46 Å². The molecule has 0 bridgehead atoms. The van der Waals surface area contributed by atoms with Crippen molar-refractivity contribution >= 4 is 15.4 Å². The topological polar surface area (TPSA) is 66.9 Å². The first-order chi connectivity index (χ1) is 6.10. The molecule has 0 spiro atoms. The van der Waals surface area contributed by atoms with E-state index in [2.05, 4.69) is 0 Å². The summed E-state index contributed by atoms with van der Waals surface area (Å²) in [6.45, 7) is 0. The number of rotatable bonds is 2. The predicted molar refractivity (Wildman–Crippen MR) is 53.0 cm³/mol. The quantitative estimate of drug-likeness (QED) is 0.709. The molecule has 0 heterocycles. The van der Waals surface area contributed by atoms with Crippen molar-refractivity contribution in [3.05, 3.63) is 24.3 Å². The molecule has 3 N–H and O–H groups in total. The summed E-state index contributed by atoms with van der Waals surface area (Å²) in [5.74, 6) is 0. The summed E-state index contributed by atoms with van der Waals surface area (Å²) in [4.78, 5) is 0.615. The van der Waals surface area contributed by atoms with Gasteiger partial charge in [-0.05, 0) is 37.1 Å². The summed E-state index contributed by atoms with van der Waals surface area (Å²) in [6.07, 6.45) is 1.85. The Labute approximate surface area is 77.9 Å². The Morgan fingerprint density at radius 3 is 2.31 bits per heavy atom. The van der Waals surface area contributed by atoms with E-state index in [0.717, 1.165) is 12.8 Å². The summed E-state index contributed by atoms with van der Waals surface area (Å²) in [5, 5.41) is 0.0797. The van der Waals surface area contributed by atoms with E-state index in [1.54, 1.807) is 24.3 Å². The third-order valence-corrected chi connectivity index (χ3v) is 4.61. The summed E-state index contributed by atoms with van der Waals surface area (Å²) < 4.78 is 19.6. The third kappa shape index (κ3) is 1.54. The number of nitrogen functional groups attached to an aromatic ring is 1. The van der Waals surface area contributed by atoms with Gasteiger partial charge in [0.1, 0.15) is 0 Å². The van der Waals surface area contributed by atoms with E-state index in [4.69, 9.17) is 10.5 Å². The molecule has 0 saturated heterocycles. The highest BCUT2D eigenvalue weighted by Crippen LogP contribution is 2.34. The fraction of sp³-hybridized carbons (Fsp3) is 0.333. The monoisotopic (exact) mass is 196 g/mol. The SMILES string of the molecule is N=S(=O)(c1ccc(N)cc1)C1CC1. The van der Waals surface area contributed by atoms with Gasteiger partial charge in [0.25, 0.3) is 0 Å². The standard InChI is InChI=1S/C9H12N2OS/c10-7-1-3-8(4-2-7)13(11,12)9-5-6-9/h1-4,9,11H,5-6,10H2. The van der Waals surface area contributed by atoms with Gasteiger partial charge in [0.05, 0.1) is 9.73 Å². The molecule has 0 radical (unpaired) electrons. The second-order valence-corrected chi connectivity index (χ2v) is 5.71. The normalized spacial score (nSPS) is 20.9. The van der Waals surface area contributed by atoms with Crippen LogP contribution in [0.1, 0.15) is 12.8 Å². The highest BCUT2D eigenvalue weighted by Gasteiger charge is 2.33. The van der Waals surface area contributed by atoms with Crippen LogP contribution in [0, 0.1) is 4.78 Å². The fourth-order valence-corrected chi connectivity index (χ4v) is 2.99. The molecule has 1 unspecified atom stereocenters. The van der Waals surface area contributed by atoms with Crippen LogP contribution in [0.5, 0.6) is 0 Å². The van der Waals surface area contributed by atoms with Crippen LogP contribution in [-0.2, 0) is 9.73 Å². The third-order valence-electron chi connectivity index (χ3n) is 2.22. The first-order valence-corrected chi connectivity index (χ1v) is 5.86. The fourth-order valence-electron chi connectivity index (χ4n) is 1.26. The Bertz CT molecular complexity index is 404. The lowest BCUT2D eigenvalue weighted by atomic mass is 10.3. The van der Waals surface area contributed by atoms with Crippen molar-refractivity contribution in [3.63, 3.8) is 0 Å². The predicted octanol–water partition coefficient (Wildman–Crippen LogP) is 1.84. The molecule has 1 aliphatic carbocycles. The zero-order valence-corrected chi connectivity index (χ0v) is 8.01. The molecule has 1 saturated carbocycles. The highest BCUT2D eigenvalue weighted by molar-refractivity contribution is 7.93. The molecule has 1 atom stereocenters. The van der Waals surface area contributed by atoms with Crippen molar-refractivity contribution < 1.29 is 4.21 Å². The van der Waals surface area contributed by atoms with E-state index in [-0.39, 0.29) is 5.25 Å². The Morgan fingerprint density at radius 1 is 1.31 bits per heavy atom. The van der Waals surface area contributed by atoms with Crippen molar-refractivity contribution in [3.8, 4) is 0 Å². The van der Waals surface area contributed by atoms with Crippen LogP contribution in [0.15, 0.2) is 29.2 Å². The van der Waals surface area contributed by atoms with Gasteiger partial charge in [-0.15, -0.1) is 0 Å². The maximum Gasteiger partial charge on any atom is 0.0755 e. The zero-order valence-electron chi connectivity index (χ0n) is 7.19. The van der Waals surface area contributed by atoms with E-state index >= 15 is 0 Å². The second-order valence-electron chi connectivity index (χ2n) is 3.37. The maximum atomic E-state index is 11.9. The molecule has 1 aliphatic rings. The van der Waals surface area contributed by atoms with Gasteiger partial charge < -0.3 is 5.73 Å². The molecule has 1 fully saturated rings. The molecular formula is C9H12N2OS. The number of hydrogen-bond donors (Lipinski definition) is 2. The molecule has 13 heavy (non-hydrogen) atoms. The lowest BCUT2D eigenvalue weighted by molar-refractivity contribution is 0.674. The first kappa shape index (κ1) is 8.56. The summed E-state index contributed by atoms with van der Waals surface area (Å²) in [6, 6.07) is 6.80. The lowest BCUT2D eigenvalue weighted by Crippen LogP contribution is -2.04. The maximum absolute atomic E-state index is 11.9. The minimum Gasteiger partial charge on any atom is -0.399 e. The van der Waals surface area contributed by atoms with E-state index in [1.165, 1.54) is 0 Å². The minimum atomic E-state index is -2.54. The first-order valence-electron chi connectivity index (χ1n) is 4.24. The molecule has 1 aromatic rings. The van der Waals surface area contributed by atoms with Crippen molar-refractivity contribution in [1.82, 2.24) is 0 Å². The van der Waals surface area contributed by atoms with Crippen LogP contribution >= 0.6 is 0 Å². The average molecular weight is 196 g/mol. The van der Waals surface area contributed by atoms with Crippen molar-refractivity contribution in [2.45, 2.75) is 23.0 Å². The summed E-state index contributed by atoms with van der Waals surface area (Å²) in [5.41, 5.74) is 6.16. The van der Waals surface area contributed by atoms with Crippen LogP contribution in [0.3, 0.4) is 0 Å². The average Bonchev–Trinajstić information content (AvgIpc) is 2.87. The molecule has 70 valence electrons. The lowest BCUT2D eigenvalue weighted by Gasteiger charge is -2.05. The van der Waals surface area contributed by atoms with Gasteiger partial charge in [0.2, 0.25) is 0 Å². The van der Waals surface area contributed by atoms with E-state index in [1.807, 2.05) is 0 Å². The second kappa shape index (κ2) is 2.73. The Balaban J connectivity index is 2.40. The molecule has 2 rings (SSSR count). The van der Waals surface area contributed by atoms with Gasteiger partial charge >= 0.3 is 0 Å². The van der Waals surface area contributed by atoms with Crippen LogP contribution in [0.4, 0.5) is 5.69 Å². The van der Waals surface area contributed by atoms with Gasteiger partial charge in [-0.25, -0.2) is 8.99 Å². The van der Waals surface area contributed by atoms with Gasteiger partial charge in [0.15, 0.2) is 0 Å². The number of nitrogens with one attached hydrogen (secondary N) is 1. The largest absolute Gasteiger partial charge is 0.399 e. The van der Waals surface area contributed by atoms with Gasteiger partial charge in [-0.3, -0.25) is 0 Å². The number of anilines is 1. The summed E-state index contributed by atoms with van der Waals surface area (Å²) in [7, 11) is -2.54. The van der Waals surface area contributed by atoms with Crippen LogP contribution in [0.2, 0.25) is 0 Å². The number of nitrogens with two attached hydrogens (primary N) is 1. The molecule has 0 amide bonds. The number of hydrogen-bond acceptors (Lipinski definition) is 3.